The predicted molar refractivity (Wildman–Crippen MR) is 61.3 cm³/mol. The first-order valence-electron chi connectivity index (χ1n) is 5.37. The Balaban J connectivity index is 2.20. The third-order valence-corrected chi connectivity index (χ3v) is 4.75. The maximum Gasteiger partial charge on any atom is 0.243 e. The molecule has 0 atom stereocenters. The van der Waals surface area contributed by atoms with Crippen molar-refractivity contribution in [2.24, 2.45) is 0 Å². The molecule has 1 radical (unpaired) electrons. The maximum absolute atomic E-state index is 12.2. The summed E-state index contributed by atoms with van der Waals surface area (Å²) in [7, 11) is -3.34. The molecule has 1 aliphatic rings. The van der Waals surface area contributed by atoms with Crippen molar-refractivity contribution in [3.63, 3.8) is 0 Å². The van der Waals surface area contributed by atoms with Crippen LogP contribution in [0.2, 0.25) is 0 Å². The van der Waals surface area contributed by atoms with Gasteiger partial charge in [0.1, 0.15) is 0 Å². The fourth-order valence-corrected chi connectivity index (χ4v) is 3.33. The number of sulfonamides is 1. The second-order valence-electron chi connectivity index (χ2n) is 3.99. The van der Waals surface area contributed by atoms with Crippen LogP contribution in [0.5, 0.6) is 0 Å². The minimum Gasteiger partial charge on any atom is -0.254 e. The van der Waals surface area contributed by atoms with Gasteiger partial charge in [-0.1, -0.05) is 18.2 Å². The van der Waals surface area contributed by atoms with Crippen molar-refractivity contribution in [2.75, 3.05) is 13.1 Å². The van der Waals surface area contributed by atoms with E-state index in [1.165, 1.54) is 4.31 Å². The van der Waals surface area contributed by atoms with E-state index in [9.17, 15) is 8.42 Å². The van der Waals surface area contributed by atoms with Gasteiger partial charge in [0.15, 0.2) is 0 Å². The van der Waals surface area contributed by atoms with E-state index in [1.54, 1.807) is 30.3 Å². The Bertz CT molecular complexity index is 436. The number of rotatable bonds is 2. The van der Waals surface area contributed by atoms with Crippen molar-refractivity contribution in [3.8, 4) is 0 Å². The molecule has 1 heterocycles. The van der Waals surface area contributed by atoms with E-state index in [0.717, 1.165) is 0 Å². The van der Waals surface area contributed by atoms with Gasteiger partial charge in [-0.15, -0.1) is 0 Å². The van der Waals surface area contributed by atoms with Gasteiger partial charge >= 0.3 is 0 Å². The summed E-state index contributed by atoms with van der Waals surface area (Å²) >= 11 is 0. The molecule has 87 valence electrons. The van der Waals surface area contributed by atoms with Crippen molar-refractivity contribution in [1.29, 1.82) is 0 Å². The smallest absolute Gasteiger partial charge is 0.243 e. The molecule has 1 aromatic carbocycles. The lowest BCUT2D eigenvalue weighted by Crippen LogP contribution is -2.40. The lowest BCUT2D eigenvalue weighted by atomic mass is 10.1. The summed E-state index contributed by atoms with van der Waals surface area (Å²) in [6, 6.07) is 8.37. The average molecular weight is 239 g/mol. The Kier molecular flexibility index (Phi) is 3.28. The fraction of sp³-hybridized carbons (Fsp3) is 0.455. The summed E-state index contributed by atoms with van der Waals surface area (Å²) in [5.41, 5.74) is 7.55. The molecular formula is C11H15N2O2S. The monoisotopic (exact) mass is 239 g/mol. The lowest BCUT2D eigenvalue weighted by Gasteiger charge is -2.28. The predicted octanol–water partition coefficient (Wildman–Crippen LogP) is 1.12. The highest BCUT2D eigenvalue weighted by molar-refractivity contribution is 7.89. The first-order valence-corrected chi connectivity index (χ1v) is 6.81. The molecule has 0 aromatic heterocycles. The minimum absolute atomic E-state index is 0.109. The minimum atomic E-state index is -3.34. The molecule has 0 aliphatic carbocycles. The van der Waals surface area contributed by atoms with E-state index in [4.69, 9.17) is 5.73 Å². The quantitative estimate of drug-likeness (QED) is 0.776. The summed E-state index contributed by atoms with van der Waals surface area (Å²) in [5.74, 6) is 0. The zero-order valence-corrected chi connectivity index (χ0v) is 9.78. The molecule has 0 saturated carbocycles. The SMILES string of the molecule is [NH]C1CCN(S(=O)(=O)c2ccccc2)CC1. The molecule has 2 rings (SSSR count). The van der Waals surface area contributed by atoms with E-state index in [0.29, 0.717) is 30.8 Å². The first-order chi connectivity index (χ1) is 7.60. The molecule has 4 nitrogen and oxygen atoms in total. The van der Waals surface area contributed by atoms with E-state index < -0.39 is 10.0 Å². The van der Waals surface area contributed by atoms with E-state index >= 15 is 0 Å². The van der Waals surface area contributed by atoms with Crippen LogP contribution in [0.15, 0.2) is 35.2 Å². The molecule has 0 amide bonds. The van der Waals surface area contributed by atoms with Gasteiger partial charge in [0.25, 0.3) is 0 Å². The van der Waals surface area contributed by atoms with Crippen LogP contribution in [0.25, 0.3) is 0 Å². The molecular weight excluding hydrogens is 224 g/mol. The largest absolute Gasteiger partial charge is 0.254 e. The molecule has 0 unspecified atom stereocenters. The van der Waals surface area contributed by atoms with E-state index in [2.05, 4.69) is 0 Å². The zero-order chi connectivity index (χ0) is 11.6. The van der Waals surface area contributed by atoms with Crippen LogP contribution < -0.4 is 5.73 Å². The van der Waals surface area contributed by atoms with Crippen LogP contribution in [0.3, 0.4) is 0 Å². The third kappa shape index (κ3) is 2.26. The number of hydrogen-bond acceptors (Lipinski definition) is 2. The number of piperidine rings is 1. The Labute approximate surface area is 96.1 Å². The molecule has 0 bridgehead atoms. The molecule has 16 heavy (non-hydrogen) atoms. The van der Waals surface area contributed by atoms with Crippen molar-refractivity contribution in [3.05, 3.63) is 30.3 Å². The Hall–Kier alpha value is -0.910. The molecule has 1 saturated heterocycles. The van der Waals surface area contributed by atoms with Gasteiger partial charge in [-0.05, 0) is 25.0 Å². The van der Waals surface area contributed by atoms with Gasteiger partial charge in [0.05, 0.1) is 4.90 Å². The molecule has 1 N–H and O–H groups in total. The second kappa shape index (κ2) is 4.53. The van der Waals surface area contributed by atoms with Gasteiger partial charge in [-0.3, -0.25) is 5.73 Å². The summed E-state index contributed by atoms with van der Waals surface area (Å²) in [5, 5.41) is 0. The van der Waals surface area contributed by atoms with Crippen LogP contribution in [0.4, 0.5) is 0 Å². The highest BCUT2D eigenvalue weighted by Crippen LogP contribution is 2.19. The standard InChI is InChI=1S/C11H15N2O2S/c12-10-6-8-13(9-7-10)16(14,15)11-4-2-1-3-5-11/h1-5,10,12H,6-9H2. The highest BCUT2D eigenvalue weighted by Gasteiger charge is 2.27. The number of nitrogens with one attached hydrogen (secondary N) is 1. The number of nitrogens with zero attached hydrogens (tertiary/aromatic N) is 1. The zero-order valence-electron chi connectivity index (χ0n) is 8.96. The van der Waals surface area contributed by atoms with Gasteiger partial charge < -0.3 is 0 Å². The van der Waals surface area contributed by atoms with Crippen molar-refractivity contribution < 1.29 is 8.42 Å². The van der Waals surface area contributed by atoms with Gasteiger partial charge in [-0.2, -0.15) is 4.31 Å². The van der Waals surface area contributed by atoms with E-state index in [-0.39, 0.29) is 6.04 Å². The molecule has 5 heteroatoms. The van der Waals surface area contributed by atoms with Crippen LogP contribution in [-0.2, 0) is 10.0 Å². The summed E-state index contributed by atoms with van der Waals surface area (Å²) in [6.07, 6.45) is 1.26. The summed E-state index contributed by atoms with van der Waals surface area (Å²) in [4.78, 5) is 0.346. The van der Waals surface area contributed by atoms with E-state index in [1.807, 2.05) is 0 Å². The van der Waals surface area contributed by atoms with Crippen LogP contribution >= 0.6 is 0 Å². The van der Waals surface area contributed by atoms with Gasteiger partial charge in [0.2, 0.25) is 10.0 Å². The second-order valence-corrected chi connectivity index (χ2v) is 5.93. The average Bonchev–Trinajstić information content (AvgIpc) is 2.31. The van der Waals surface area contributed by atoms with Crippen molar-refractivity contribution >= 4 is 10.0 Å². The molecule has 0 spiro atoms. The Morgan fingerprint density at radius 3 is 2.25 bits per heavy atom. The maximum atomic E-state index is 12.2. The van der Waals surface area contributed by atoms with Crippen LogP contribution in [0.1, 0.15) is 12.8 Å². The molecule has 1 aliphatic heterocycles. The first kappa shape index (κ1) is 11.6. The highest BCUT2D eigenvalue weighted by atomic mass is 32.2. The van der Waals surface area contributed by atoms with Crippen molar-refractivity contribution in [1.82, 2.24) is 10.0 Å². The number of hydrogen-bond donors (Lipinski definition) is 0. The van der Waals surface area contributed by atoms with Crippen LogP contribution in [-0.4, -0.2) is 31.9 Å². The summed E-state index contributed by atoms with van der Waals surface area (Å²) in [6.45, 7) is 0.927. The Morgan fingerprint density at radius 1 is 1.12 bits per heavy atom. The van der Waals surface area contributed by atoms with Gasteiger partial charge in [0, 0.05) is 19.1 Å². The normalized spacial score (nSPS) is 19.8. The molecule has 1 fully saturated rings. The summed E-state index contributed by atoms with van der Waals surface area (Å²) < 4.78 is 25.8. The third-order valence-electron chi connectivity index (χ3n) is 2.83. The van der Waals surface area contributed by atoms with Crippen molar-refractivity contribution in [2.45, 2.75) is 23.8 Å². The Morgan fingerprint density at radius 2 is 1.69 bits per heavy atom. The number of benzene rings is 1. The van der Waals surface area contributed by atoms with Gasteiger partial charge in [-0.25, -0.2) is 8.42 Å². The molecule has 1 aromatic rings. The van der Waals surface area contributed by atoms with Crippen LogP contribution in [0, 0.1) is 0 Å². The topological polar surface area (TPSA) is 61.2 Å². The fourth-order valence-electron chi connectivity index (χ4n) is 1.84. The lowest BCUT2D eigenvalue weighted by molar-refractivity contribution is 0.316.